The molecule has 1 N–H and O–H groups in total. The van der Waals surface area contributed by atoms with Gasteiger partial charge in [0.1, 0.15) is 12.0 Å². The minimum Gasteiger partial charge on any atom is -0.482 e. The van der Waals surface area contributed by atoms with Crippen molar-refractivity contribution in [1.82, 2.24) is 5.32 Å². The van der Waals surface area contributed by atoms with Gasteiger partial charge in [0, 0.05) is 12.6 Å². The highest BCUT2D eigenvalue weighted by atomic mass is 16.6. The van der Waals surface area contributed by atoms with Crippen LogP contribution in [0, 0.1) is 0 Å². The van der Waals surface area contributed by atoms with E-state index < -0.39 is 11.9 Å². The molecule has 0 radical (unpaired) electrons. The number of hydrogen-bond acceptors (Lipinski definition) is 5. The van der Waals surface area contributed by atoms with Gasteiger partial charge in [0.25, 0.3) is 5.91 Å². The van der Waals surface area contributed by atoms with E-state index >= 15 is 0 Å². The first kappa shape index (κ1) is 13.7. The third kappa shape index (κ3) is 4.65. The Hall–Kier alpha value is -2.37. The van der Waals surface area contributed by atoms with E-state index in [1.54, 1.807) is 24.3 Å². The Bertz CT molecular complexity index is 427. The lowest BCUT2D eigenvalue weighted by atomic mass is 10.2. The Labute approximate surface area is 104 Å². The molecule has 0 saturated heterocycles. The maximum Gasteiger partial charge on any atom is 0.344 e. The molecule has 18 heavy (non-hydrogen) atoms. The summed E-state index contributed by atoms with van der Waals surface area (Å²) in [5.74, 6) is -0.589. The molecule has 0 unspecified atom stereocenters. The second-order valence-electron chi connectivity index (χ2n) is 3.31. The van der Waals surface area contributed by atoms with Crippen LogP contribution in [-0.4, -0.2) is 38.4 Å². The molecule has 6 heteroatoms. The Kier molecular flexibility index (Phi) is 5.37. The van der Waals surface area contributed by atoms with Crippen LogP contribution in [0.2, 0.25) is 0 Å². The van der Waals surface area contributed by atoms with Gasteiger partial charge in [-0.3, -0.25) is 9.59 Å². The molecule has 1 aromatic carbocycles. The number of carbonyl (C=O) groups is 3. The molecule has 0 spiro atoms. The number of ether oxygens (including phenoxy) is 2. The largest absolute Gasteiger partial charge is 0.482 e. The molecular weight excluding hydrogens is 238 g/mol. The van der Waals surface area contributed by atoms with Crippen LogP contribution in [0.1, 0.15) is 10.4 Å². The number of aldehydes is 1. The van der Waals surface area contributed by atoms with Crippen LogP contribution in [0.3, 0.4) is 0 Å². The van der Waals surface area contributed by atoms with Crippen molar-refractivity contribution in [1.29, 1.82) is 0 Å². The Balaban J connectivity index is 2.33. The van der Waals surface area contributed by atoms with Crippen molar-refractivity contribution in [3.63, 3.8) is 0 Å². The van der Waals surface area contributed by atoms with Crippen LogP contribution in [0.5, 0.6) is 5.75 Å². The highest BCUT2D eigenvalue weighted by molar-refractivity contribution is 5.80. The van der Waals surface area contributed by atoms with Crippen LogP contribution < -0.4 is 10.1 Å². The van der Waals surface area contributed by atoms with Gasteiger partial charge in [-0.05, 0) is 24.3 Å². The van der Waals surface area contributed by atoms with Crippen molar-refractivity contribution >= 4 is 18.2 Å². The molecular formula is C12H13NO5. The predicted octanol–water partition coefficient (Wildman–Crippen LogP) is 0.167. The van der Waals surface area contributed by atoms with Gasteiger partial charge < -0.3 is 14.8 Å². The van der Waals surface area contributed by atoms with Gasteiger partial charge in [0.2, 0.25) is 0 Å². The summed E-state index contributed by atoms with van der Waals surface area (Å²) >= 11 is 0. The van der Waals surface area contributed by atoms with Crippen LogP contribution in [0.4, 0.5) is 0 Å². The normalized spacial score (nSPS) is 9.39. The maximum absolute atomic E-state index is 11.2. The van der Waals surface area contributed by atoms with Gasteiger partial charge in [0.05, 0.1) is 0 Å². The summed E-state index contributed by atoms with van der Waals surface area (Å²) in [7, 11) is 1.45. The minimum absolute atomic E-state index is 0.294. The summed E-state index contributed by atoms with van der Waals surface area (Å²) in [6, 6.07) is 6.27. The van der Waals surface area contributed by atoms with Crippen LogP contribution >= 0.6 is 0 Å². The van der Waals surface area contributed by atoms with Crippen LogP contribution in [-0.2, 0) is 14.3 Å². The average Bonchev–Trinajstić information content (AvgIpc) is 2.42. The van der Waals surface area contributed by atoms with Crippen molar-refractivity contribution in [3.8, 4) is 5.75 Å². The molecule has 0 bridgehead atoms. The first-order valence-corrected chi connectivity index (χ1v) is 5.20. The first-order valence-electron chi connectivity index (χ1n) is 5.20. The quantitative estimate of drug-likeness (QED) is 0.575. The van der Waals surface area contributed by atoms with Gasteiger partial charge in [-0.2, -0.15) is 0 Å². The van der Waals surface area contributed by atoms with Crippen molar-refractivity contribution in [2.75, 3.05) is 20.3 Å². The molecule has 1 amide bonds. The Morgan fingerprint density at radius 1 is 1.22 bits per heavy atom. The second-order valence-corrected chi connectivity index (χ2v) is 3.31. The summed E-state index contributed by atoms with van der Waals surface area (Å²) in [6.45, 7) is -0.625. The lowest BCUT2D eigenvalue weighted by molar-refractivity contribution is -0.150. The zero-order valence-electron chi connectivity index (χ0n) is 9.84. The van der Waals surface area contributed by atoms with E-state index in [-0.39, 0.29) is 13.2 Å². The second kappa shape index (κ2) is 7.05. The van der Waals surface area contributed by atoms with E-state index in [4.69, 9.17) is 4.74 Å². The molecule has 1 rings (SSSR count). The molecule has 0 heterocycles. The van der Waals surface area contributed by atoms with Crippen molar-refractivity contribution in [2.45, 2.75) is 0 Å². The molecule has 0 aromatic heterocycles. The maximum atomic E-state index is 11.2. The van der Waals surface area contributed by atoms with Crippen molar-refractivity contribution in [2.24, 2.45) is 0 Å². The summed E-state index contributed by atoms with van der Waals surface area (Å²) < 4.78 is 9.74. The van der Waals surface area contributed by atoms with Gasteiger partial charge >= 0.3 is 5.97 Å². The average molecular weight is 251 g/mol. The van der Waals surface area contributed by atoms with Gasteiger partial charge in [0.15, 0.2) is 13.2 Å². The number of benzene rings is 1. The molecule has 0 aliphatic rings. The Morgan fingerprint density at radius 3 is 2.44 bits per heavy atom. The number of likely N-dealkylation sites (N-methyl/N-ethyl adjacent to an activating group) is 1. The smallest absolute Gasteiger partial charge is 0.344 e. The van der Waals surface area contributed by atoms with E-state index in [1.807, 2.05) is 0 Å². The number of esters is 1. The fourth-order valence-electron chi connectivity index (χ4n) is 1.04. The molecule has 96 valence electrons. The highest BCUT2D eigenvalue weighted by Gasteiger charge is 2.07. The predicted molar refractivity (Wildman–Crippen MR) is 62.4 cm³/mol. The van der Waals surface area contributed by atoms with E-state index in [1.165, 1.54) is 7.05 Å². The summed E-state index contributed by atoms with van der Waals surface area (Å²) in [6.07, 6.45) is 0.710. The molecule has 0 fully saturated rings. The van der Waals surface area contributed by atoms with E-state index in [0.717, 1.165) is 0 Å². The first-order chi connectivity index (χ1) is 8.65. The molecule has 0 saturated carbocycles. The Morgan fingerprint density at radius 2 is 1.89 bits per heavy atom. The lowest BCUT2D eigenvalue weighted by Gasteiger charge is -2.06. The van der Waals surface area contributed by atoms with Gasteiger partial charge in [-0.15, -0.1) is 0 Å². The lowest BCUT2D eigenvalue weighted by Crippen LogP contribution is -2.26. The number of nitrogens with one attached hydrogen (secondary N) is 1. The highest BCUT2D eigenvalue weighted by Crippen LogP contribution is 2.10. The zero-order valence-corrected chi connectivity index (χ0v) is 9.84. The molecule has 0 atom stereocenters. The third-order valence-corrected chi connectivity index (χ3v) is 2.02. The topological polar surface area (TPSA) is 81.7 Å². The third-order valence-electron chi connectivity index (χ3n) is 2.02. The molecule has 0 aliphatic carbocycles. The standard InChI is InChI=1S/C12H13NO5/c1-13-11(15)7-18-12(16)8-17-10-4-2-9(6-14)3-5-10/h2-6H,7-8H2,1H3,(H,13,15). The zero-order chi connectivity index (χ0) is 13.4. The molecule has 6 nitrogen and oxygen atoms in total. The SMILES string of the molecule is CNC(=O)COC(=O)COc1ccc(C=O)cc1. The molecule has 0 aliphatic heterocycles. The van der Waals surface area contributed by atoms with Crippen molar-refractivity contribution in [3.05, 3.63) is 29.8 Å². The van der Waals surface area contributed by atoms with Gasteiger partial charge in [-0.1, -0.05) is 0 Å². The van der Waals surface area contributed by atoms with E-state index in [0.29, 0.717) is 17.6 Å². The van der Waals surface area contributed by atoms with E-state index in [9.17, 15) is 14.4 Å². The fraction of sp³-hybridized carbons (Fsp3) is 0.250. The number of carbonyl (C=O) groups excluding carboxylic acids is 3. The minimum atomic E-state index is -0.641. The summed E-state index contributed by atoms with van der Waals surface area (Å²) in [5.41, 5.74) is 0.518. The monoisotopic (exact) mass is 251 g/mol. The number of hydrogen-bond donors (Lipinski definition) is 1. The summed E-state index contributed by atoms with van der Waals surface area (Å²) in [4.78, 5) is 32.4. The summed E-state index contributed by atoms with van der Waals surface area (Å²) in [5, 5.41) is 2.32. The van der Waals surface area contributed by atoms with Crippen LogP contribution in [0.15, 0.2) is 24.3 Å². The van der Waals surface area contributed by atoms with Gasteiger partial charge in [-0.25, -0.2) is 4.79 Å². The van der Waals surface area contributed by atoms with Crippen molar-refractivity contribution < 1.29 is 23.9 Å². The van der Waals surface area contributed by atoms with Crippen LogP contribution in [0.25, 0.3) is 0 Å². The molecule has 1 aromatic rings. The number of amides is 1. The van der Waals surface area contributed by atoms with E-state index in [2.05, 4.69) is 10.1 Å². The number of rotatable bonds is 6. The fourth-order valence-corrected chi connectivity index (χ4v) is 1.04.